The van der Waals surface area contributed by atoms with Gasteiger partial charge in [0.25, 0.3) is 0 Å². The zero-order valence-electron chi connectivity index (χ0n) is 7.34. The van der Waals surface area contributed by atoms with Crippen LogP contribution in [0.2, 0.25) is 0 Å². The van der Waals surface area contributed by atoms with Crippen LogP contribution in [0.25, 0.3) is 0 Å². The molecule has 1 aromatic carbocycles. The molecule has 0 spiro atoms. The van der Waals surface area contributed by atoms with E-state index in [1.54, 1.807) is 0 Å². The second-order valence-corrected chi connectivity index (χ2v) is 3.32. The Labute approximate surface area is 72.3 Å². The first-order valence-corrected chi connectivity index (χ1v) is 4.37. The summed E-state index contributed by atoms with van der Waals surface area (Å²) >= 11 is 0. The zero-order valence-corrected chi connectivity index (χ0v) is 7.34. The first-order chi connectivity index (χ1) is 5.79. The third kappa shape index (κ3) is 1.18. The first-order valence-electron chi connectivity index (χ1n) is 4.37. The minimum absolute atomic E-state index is 0.347. The van der Waals surface area contributed by atoms with E-state index in [0.717, 1.165) is 18.7 Å². The molecule has 1 aromatic rings. The zero-order chi connectivity index (χ0) is 8.55. The predicted octanol–water partition coefficient (Wildman–Crippen LogP) is 0.752. The van der Waals surface area contributed by atoms with Crippen LogP contribution in [0, 0.1) is 0 Å². The first kappa shape index (κ1) is 7.62. The average Bonchev–Trinajstić information content (AvgIpc) is 2.43. The number of benzene rings is 1. The van der Waals surface area contributed by atoms with Gasteiger partial charge in [0, 0.05) is 12.0 Å². The molecule has 2 rings (SSSR count). The average molecular weight is 164 g/mol. The molecule has 0 unspecified atom stereocenters. The summed E-state index contributed by atoms with van der Waals surface area (Å²) in [7, 11) is 0. The summed E-state index contributed by atoms with van der Waals surface area (Å²) in [6, 6.07) is 6.34. The molecule has 1 aliphatic heterocycles. The standard InChI is InChI=1S/C10H13NO/c1-7-4-9-5-8(6-11)2-3-10(9)12-7/h2-3,5,7H,4,6,11H2,1H3/p+1/t7-/m0/s1. The van der Waals surface area contributed by atoms with Crippen LogP contribution in [0.5, 0.6) is 5.75 Å². The van der Waals surface area contributed by atoms with Gasteiger partial charge in [0.2, 0.25) is 0 Å². The summed E-state index contributed by atoms with van der Waals surface area (Å²) < 4.78 is 5.59. The van der Waals surface area contributed by atoms with Crippen LogP contribution in [0.1, 0.15) is 18.1 Å². The number of quaternary nitrogens is 1. The second kappa shape index (κ2) is 2.79. The van der Waals surface area contributed by atoms with Crippen molar-refractivity contribution in [1.29, 1.82) is 0 Å². The van der Waals surface area contributed by atoms with E-state index in [0.29, 0.717) is 6.10 Å². The van der Waals surface area contributed by atoms with Gasteiger partial charge in [0.05, 0.1) is 6.54 Å². The van der Waals surface area contributed by atoms with Crippen molar-refractivity contribution in [3.63, 3.8) is 0 Å². The number of rotatable bonds is 1. The topological polar surface area (TPSA) is 36.9 Å². The largest absolute Gasteiger partial charge is 0.490 e. The lowest BCUT2D eigenvalue weighted by atomic mass is 10.1. The molecule has 0 aliphatic carbocycles. The SMILES string of the molecule is C[C@H]1Cc2cc(C[NH3+])ccc2O1. The molecule has 0 saturated carbocycles. The fourth-order valence-electron chi connectivity index (χ4n) is 1.63. The molecule has 64 valence electrons. The Bertz CT molecular complexity index is 296. The van der Waals surface area contributed by atoms with Crippen molar-refractivity contribution in [3.8, 4) is 5.75 Å². The van der Waals surface area contributed by atoms with Gasteiger partial charge in [0.1, 0.15) is 11.9 Å². The molecule has 2 nitrogen and oxygen atoms in total. The molecular weight excluding hydrogens is 150 g/mol. The van der Waals surface area contributed by atoms with E-state index in [4.69, 9.17) is 4.74 Å². The van der Waals surface area contributed by atoms with Gasteiger partial charge in [-0.25, -0.2) is 0 Å². The molecule has 12 heavy (non-hydrogen) atoms. The molecular formula is C10H14NO+. The Hall–Kier alpha value is -1.02. The summed E-state index contributed by atoms with van der Waals surface area (Å²) in [6.45, 7) is 2.96. The Morgan fingerprint density at radius 2 is 2.42 bits per heavy atom. The summed E-state index contributed by atoms with van der Waals surface area (Å²) in [5, 5.41) is 0. The van der Waals surface area contributed by atoms with Crippen LogP contribution in [-0.4, -0.2) is 6.10 Å². The Balaban J connectivity index is 2.35. The van der Waals surface area contributed by atoms with Gasteiger partial charge >= 0.3 is 0 Å². The van der Waals surface area contributed by atoms with Crippen molar-refractivity contribution in [2.75, 3.05) is 0 Å². The molecule has 0 bridgehead atoms. The van der Waals surface area contributed by atoms with Gasteiger partial charge in [-0.2, -0.15) is 0 Å². The van der Waals surface area contributed by atoms with Gasteiger partial charge in [-0.05, 0) is 30.7 Å². The normalized spacial score (nSPS) is 20.3. The van der Waals surface area contributed by atoms with Crippen LogP contribution < -0.4 is 10.5 Å². The summed E-state index contributed by atoms with van der Waals surface area (Å²) in [4.78, 5) is 0. The predicted molar refractivity (Wildman–Crippen MR) is 46.8 cm³/mol. The molecule has 0 amide bonds. The van der Waals surface area contributed by atoms with Crippen molar-refractivity contribution < 1.29 is 10.5 Å². The van der Waals surface area contributed by atoms with Crippen molar-refractivity contribution in [1.82, 2.24) is 0 Å². The molecule has 1 heterocycles. The highest BCUT2D eigenvalue weighted by Crippen LogP contribution is 2.28. The van der Waals surface area contributed by atoms with Crippen LogP contribution in [0.4, 0.5) is 0 Å². The number of hydrogen-bond acceptors (Lipinski definition) is 1. The molecule has 0 saturated heterocycles. The van der Waals surface area contributed by atoms with Crippen molar-refractivity contribution >= 4 is 0 Å². The molecule has 2 heteroatoms. The number of hydrogen-bond donors (Lipinski definition) is 1. The van der Waals surface area contributed by atoms with E-state index in [1.165, 1.54) is 11.1 Å². The van der Waals surface area contributed by atoms with E-state index in [2.05, 4.69) is 30.9 Å². The maximum absolute atomic E-state index is 5.59. The monoisotopic (exact) mass is 164 g/mol. The highest BCUT2D eigenvalue weighted by atomic mass is 16.5. The third-order valence-corrected chi connectivity index (χ3v) is 2.25. The summed E-state index contributed by atoms with van der Waals surface area (Å²) in [5.41, 5.74) is 6.49. The maximum atomic E-state index is 5.59. The van der Waals surface area contributed by atoms with Crippen LogP contribution >= 0.6 is 0 Å². The Morgan fingerprint density at radius 3 is 3.17 bits per heavy atom. The van der Waals surface area contributed by atoms with Gasteiger partial charge in [-0.1, -0.05) is 0 Å². The lowest BCUT2D eigenvalue weighted by molar-refractivity contribution is -0.386. The Kier molecular flexibility index (Phi) is 1.77. The minimum atomic E-state index is 0.347. The molecule has 0 aromatic heterocycles. The van der Waals surface area contributed by atoms with Crippen LogP contribution in [0.15, 0.2) is 18.2 Å². The maximum Gasteiger partial charge on any atom is 0.123 e. The highest BCUT2D eigenvalue weighted by molar-refractivity contribution is 5.40. The quantitative estimate of drug-likeness (QED) is 0.653. The van der Waals surface area contributed by atoms with Gasteiger partial charge in [0.15, 0.2) is 0 Å². The fourth-order valence-corrected chi connectivity index (χ4v) is 1.63. The fraction of sp³-hybridized carbons (Fsp3) is 0.400. The molecule has 1 atom stereocenters. The number of ether oxygens (including phenoxy) is 1. The highest BCUT2D eigenvalue weighted by Gasteiger charge is 2.18. The summed E-state index contributed by atoms with van der Waals surface area (Å²) in [6.07, 6.45) is 1.39. The Morgan fingerprint density at radius 1 is 1.58 bits per heavy atom. The van der Waals surface area contributed by atoms with E-state index >= 15 is 0 Å². The van der Waals surface area contributed by atoms with E-state index in [9.17, 15) is 0 Å². The lowest BCUT2D eigenvalue weighted by Gasteiger charge is -2.01. The summed E-state index contributed by atoms with van der Waals surface area (Å²) in [5.74, 6) is 1.06. The van der Waals surface area contributed by atoms with Crippen molar-refractivity contribution in [3.05, 3.63) is 29.3 Å². The number of fused-ring (bicyclic) bond motifs is 1. The van der Waals surface area contributed by atoms with Gasteiger partial charge in [-0.3, -0.25) is 0 Å². The molecule has 0 fully saturated rings. The van der Waals surface area contributed by atoms with Crippen LogP contribution in [0.3, 0.4) is 0 Å². The minimum Gasteiger partial charge on any atom is -0.490 e. The molecule has 0 radical (unpaired) electrons. The van der Waals surface area contributed by atoms with Crippen molar-refractivity contribution in [2.24, 2.45) is 0 Å². The third-order valence-electron chi connectivity index (χ3n) is 2.25. The second-order valence-electron chi connectivity index (χ2n) is 3.32. The van der Waals surface area contributed by atoms with E-state index < -0.39 is 0 Å². The van der Waals surface area contributed by atoms with Crippen LogP contribution in [-0.2, 0) is 13.0 Å². The van der Waals surface area contributed by atoms with E-state index in [1.807, 2.05) is 0 Å². The van der Waals surface area contributed by atoms with Gasteiger partial charge < -0.3 is 10.5 Å². The molecule has 1 aliphatic rings. The molecule has 3 N–H and O–H groups in total. The van der Waals surface area contributed by atoms with Gasteiger partial charge in [-0.15, -0.1) is 0 Å². The smallest absolute Gasteiger partial charge is 0.123 e. The van der Waals surface area contributed by atoms with Crippen molar-refractivity contribution in [2.45, 2.75) is 26.0 Å². The lowest BCUT2D eigenvalue weighted by Crippen LogP contribution is -2.47. The van der Waals surface area contributed by atoms with E-state index in [-0.39, 0.29) is 0 Å².